The monoisotopic (exact) mass is 231 g/mol. The van der Waals surface area contributed by atoms with E-state index in [2.05, 4.69) is 15.0 Å². The predicted octanol–water partition coefficient (Wildman–Crippen LogP) is 0.478. The molecule has 1 heterocycles. The van der Waals surface area contributed by atoms with E-state index in [0.717, 1.165) is 5.56 Å². The molecule has 0 aliphatic rings. The van der Waals surface area contributed by atoms with E-state index < -0.39 is 0 Å². The lowest BCUT2D eigenvalue weighted by Crippen LogP contribution is -2.27. The van der Waals surface area contributed by atoms with Crippen LogP contribution in [0.4, 0.5) is 5.95 Å². The summed E-state index contributed by atoms with van der Waals surface area (Å²) >= 11 is 0. The summed E-state index contributed by atoms with van der Waals surface area (Å²) in [7, 11) is 1.60. The van der Waals surface area contributed by atoms with Crippen molar-refractivity contribution in [2.75, 3.05) is 12.1 Å². The smallest absolute Gasteiger partial charge is 0.319 e. The minimum absolute atomic E-state index is 0.239. The molecule has 3 N–H and O–H groups in total. The number of rotatable bonds is 3. The summed E-state index contributed by atoms with van der Waals surface area (Å²) < 4.78 is 0. The maximum atomic E-state index is 9.38. The highest BCUT2D eigenvalue weighted by molar-refractivity contribution is 5.28. The second-order valence-corrected chi connectivity index (χ2v) is 3.62. The van der Waals surface area contributed by atoms with Crippen LogP contribution in [0.3, 0.4) is 0 Å². The molecule has 17 heavy (non-hydrogen) atoms. The lowest BCUT2D eigenvalue weighted by atomic mass is 10.1. The zero-order chi connectivity index (χ0) is 12.3. The highest BCUT2D eigenvalue weighted by Gasteiger charge is 2.07. The molecule has 0 aliphatic carbocycles. The van der Waals surface area contributed by atoms with Gasteiger partial charge in [-0.05, 0) is 5.56 Å². The number of hydrazine groups is 1. The van der Waals surface area contributed by atoms with Crippen LogP contribution < -0.4 is 10.9 Å². The van der Waals surface area contributed by atoms with Crippen LogP contribution >= 0.6 is 0 Å². The van der Waals surface area contributed by atoms with Crippen LogP contribution in [-0.4, -0.2) is 27.1 Å². The summed E-state index contributed by atoms with van der Waals surface area (Å²) in [5.41, 5.74) is 1.06. The third-order valence-electron chi connectivity index (χ3n) is 2.18. The Morgan fingerprint density at radius 3 is 2.53 bits per heavy atom. The minimum atomic E-state index is -0.321. The third kappa shape index (κ3) is 2.88. The largest absolute Gasteiger partial charge is 0.479 e. The molecule has 0 saturated carbocycles. The molecule has 0 radical (unpaired) electrons. The van der Waals surface area contributed by atoms with Crippen molar-refractivity contribution in [2.24, 2.45) is 5.84 Å². The summed E-state index contributed by atoms with van der Waals surface area (Å²) in [6, 6.07) is 9.42. The number of hydrogen-bond donors (Lipinski definition) is 2. The molecule has 0 atom stereocenters. The highest BCUT2D eigenvalue weighted by atomic mass is 16.3. The van der Waals surface area contributed by atoms with Crippen LogP contribution in [0.25, 0.3) is 0 Å². The Kier molecular flexibility index (Phi) is 3.15. The number of aromatic hydroxyl groups is 1. The van der Waals surface area contributed by atoms with Crippen molar-refractivity contribution in [1.29, 1.82) is 0 Å². The molecule has 0 spiro atoms. The van der Waals surface area contributed by atoms with E-state index in [9.17, 15) is 5.11 Å². The van der Waals surface area contributed by atoms with E-state index in [1.165, 1.54) is 5.01 Å². The minimum Gasteiger partial charge on any atom is -0.479 e. The summed E-state index contributed by atoms with van der Waals surface area (Å²) in [4.78, 5) is 11.7. The average molecular weight is 231 g/mol. The van der Waals surface area contributed by atoms with Crippen molar-refractivity contribution in [3.8, 4) is 6.01 Å². The molecule has 6 heteroatoms. The number of benzene rings is 1. The van der Waals surface area contributed by atoms with Crippen LogP contribution in [0, 0.1) is 0 Å². The molecule has 0 fully saturated rings. The quantitative estimate of drug-likeness (QED) is 0.590. The lowest BCUT2D eigenvalue weighted by Gasteiger charge is -2.10. The Bertz CT molecular complexity index is 500. The molecule has 2 aromatic rings. The van der Waals surface area contributed by atoms with Gasteiger partial charge in [0.05, 0.1) is 0 Å². The van der Waals surface area contributed by atoms with Crippen molar-refractivity contribution in [3.63, 3.8) is 0 Å². The van der Waals surface area contributed by atoms with Crippen LogP contribution in [0.1, 0.15) is 11.4 Å². The number of nitrogens with zero attached hydrogens (tertiary/aromatic N) is 4. The molecule has 2 rings (SSSR count). The molecule has 6 nitrogen and oxygen atoms in total. The van der Waals surface area contributed by atoms with E-state index in [0.29, 0.717) is 12.2 Å². The van der Waals surface area contributed by atoms with Crippen molar-refractivity contribution < 1.29 is 5.11 Å². The van der Waals surface area contributed by atoms with Gasteiger partial charge in [-0.3, -0.25) is 5.01 Å². The van der Waals surface area contributed by atoms with Gasteiger partial charge < -0.3 is 5.11 Å². The Balaban J connectivity index is 2.27. The second kappa shape index (κ2) is 4.75. The lowest BCUT2D eigenvalue weighted by molar-refractivity contribution is 0.425. The fourth-order valence-corrected chi connectivity index (χ4v) is 1.41. The van der Waals surface area contributed by atoms with Crippen molar-refractivity contribution in [2.45, 2.75) is 6.42 Å². The Morgan fingerprint density at radius 1 is 1.18 bits per heavy atom. The number of anilines is 1. The van der Waals surface area contributed by atoms with Gasteiger partial charge >= 0.3 is 6.01 Å². The average Bonchev–Trinajstić information content (AvgIpc) is 2.29. The summed E-state index contributed by atoms with van der Waals surface area (Å²) in [6.07, 6.45) is 0.526. The molecule has 1 aromatic carbocycles. The van der Waals surface area contributed by atoms with Gasteiger partial charge in [-0.25, -0.2) is 5.84 Å². The van der Waals surface area contributed by atoms with Gasteiger partial charge in [0.15, 0.2) is 0 Å². The molecular formula is C11H13N5O. The predicted molar refractivity (Wildman–Crippen MR) is 63.3 cm³/mol. The summed E-state index contributed by atoms with van der Waals surface area (Å²) in [6.45, 7) is 0. The fraction of sp³-hybridized carbons (Fsp3) is 0.182. The zero-order valence-corrected chi connectivity index (χ0v) is 9.41. The Labute approximate surface area is 98.7 Å². The first-order chi connectivity index (χ1) is 8.15. The van der Waals surface area contributed by atoms with Crippen LogP contribution in [0.5, 0.6) is 6.01 Å². The molecule has 0 amide bonds. The van der Waals surface area contributed by atoms with E-state index in [1.807, 2.05) is 30.3 Å². The van der Waals surface area contributed by atoms with E-state index >= 15 is 0 Å². The molecule has 0 unspecified atom stereocenters. The van der Waals surface area contributed by atoms with Crippen LogP contribution in [-0.2, 0) is 6.42 Å². The molecule has 1 aromatic heterocycles. The number of nitrogens with two attached hydrogens (primary N) is 1. The summed E-state index contributed by atoms with van der Waals surface area (Å²) in [5.74, 6) is 6.24. The van der Waals surface area contributed by atoms with Gasteiger partial charge in [0.1, 0.15) is 5.82 Å². The number of hydrogen-bond acceptors (Lipinski definition) is 6. The van der Waals surface area contributed by atoms with Gasteiger partial charge in [0.25, 0.3) is 0 Å². The highest BCUT2D eigenvalue weighted by Crippen LogP contribution is 2.11. The third-order valence-corrected chi connectivity index (χ3v) is 2.18. The van der Waals surface area contributed by atoms with E-state index in [4.69, 9.17) is 5.84 Å². The van der Waals surface area contributed by atoms with Gasteiger partial charge in [-0.2, -0.15) is 15.0 Å². The maximum absolute atomic E-state index is 9.38. The second-order valence-electron chi connectivity index (χ2n) is 3.62. The first-order valence-electron chi connectivity index (χ1n) is 5.11. The maximum Gasteiger partial charge on any atom is 0.319 e. The normalized spacial score (nSPS) is 10.2. The molecular weight excluding hydrogens is 218 g/mol. The van der Waals surface area contributed by atoms with E-state index in [-0.39, 0.29) is 12.0 Å². The molecule has 0 saturated heterocycles. The SMILES string of the molecule is CN(N)c1nc(O)nc(Cc2ccccc2)n1. The van der Waals surface area contributed by atoms with Crippen LogP contribution in [0.15, 0.2) is 30.3 Å². The molecule has 88 valence electrons. The fourth-order valence-electron chi connectivity index (χ4n) is 1.41. The number of aromatic nitrogens is 3. The van der Waals surface area contributed by atoms with Crippen molar-refractivity contribution in [3.05, 3.63) is 41.7 Å². The van der Waals surface area contributed by atoms with Gasteiger partial charge in [0, 0.05) is 13.5 Å². The first-order valence-corrected chi connectivity index (χ1v) is 5.11. The van der Waals surface area contributed by atoms with Gasteiger partial charge in [-0.15, -0.1) is 0 Å². The Morgan fingerprint density at radius 2 is 1.88 bits per heavy atom. The molecule has 0 aliphatic heterocycles. The zero-order valence-electron chi connectivity index (χ0n) is 9.41. The van der Waals surface area contributed by atoms with Crippen molar-refractivity contribution in [1.82, 2.24) is 15.0 Å². The topological polar surface area (TPSA) is 88.2 Å². The van der Waals surface area contributed by atoms with Gasteiger partial charge in [-0.1, -0.05) is 30.3 Å². The Hall–Kier alpha value is -2.21. The van der Waals surface area contributed by atoms with E-state index in [1.54, 1.807) is 7.05 Å². The van der Waals surface area contributed by atoms with Crippen molar-refractivity contribution >= 4 is 5.95 Å². The first kappa shape index (κ1) is 11.3. The standard InChI is InChI=1S/C11H13N5O/c1-16(12)10-13-9(14-11(17)15-10)7-8-5-3-2-4-6-8/h2-6H,7,12H2,1H3,(H,13,14,15,17). The summed E-state index contributed by atoms with van der Waals surface area (Å²) in [5, 5.41) is 10.6. The molecule has 0 bridgehead atoms. The van der Waals surface area contributed by atoms with Crippen LogP contribution in [0.2, 0.25) is 0 Å². The van der Waals surface area contributed by atoms with Gasteiger partial charge in [0.2, 0.25) is 5.95 Å².